The lowest BCUT2D eigenvalue weighted by Crippen LogP contribution is -2.54. The summed E-state index contributed by atoms with van der Waals surface area (Å²) in [7, 11) is 0. The highest BCUT2D eigenvalue weighted by molar-refractivity contribution is 6.01. The Labute approximate surface area is 176 Å². The summed E-state index contributed by atoms with van der Waals surface area (Å²) in [5.41, 5.74) is 2.08. The Morgan fingerprint density at radius 1 is 1.13 bits per heavy atom. The number of rotatable bonds is 4. The van der Waals surface area contributed by atoms with Gasteiger partial charge in [-0.15, -0.1) is 0 Å². The lowest BCUT2D eigenvalue weighted by molar-refractivity contribution is -0.134. The van der Waals surface area contributed by atoms with Crippen molar-refractivity contribution in [1.29, 1.82) is 0 Å². The molecular weight excluding hydrogens is 384 g/mol. The van der Waals surface area contributed by atoms with Crippen molar-refractivity contribution < 1.29 is 19.5 Å². The maximum Gasteiger partial charge on any atom is 0.407 e. The number of carboxylic acid groups (broad SMARTS) is 1. The Morgan fingerprint density at radius 3 is 2.67 bits per heavy atom. The van der Waals surface area contributed by atoms with Crippen LogP contribution < -0.4 is 15.5 Å². The van der Waals surface area contributed by atoms with E-state index in [-0.39, 0.29) is 23.8 Å². The van der Waals surface area contributed by atoms with E-state index in [1.807, 2.05) is 12.1 Å². The summed E-state index contributed by atoms with van der Waals surface area (Å²) in [4.78, 5) is 39.0. The van der Waals surface area contributed by atoms with Gasteiger partial charge in [0.05, 0.1) is 5.92 Å². The normalized spacial score (nSPS) is 25.9. The van der Waals surface area contributed by atoms with Crippen molar-refractivity contribution >= 4 is 23.6 Å². The summed E-state index contributed by atoms with van der Waals surface area (Å²) in [6, 6.07) is 8.17. The van der Waals surface area contributed by atoms with Crippen molar-refractivity contribution in [2.24, 2.45) is 5.92 Å². The van der Waals surface area contributed by atoms with Crippen LogP contribution in [0.5, 0.6) is 0 Å². The Bertz CT molecular complexity index is 806. The topological polar surface area (TPSA) is 102 Å². The molecule has 3 aliphatic rings. The smallest absolute Gasteiger partial charge is 0.407 e. The molecule has 2 atom stereocenters. The molecule has 2 unspecified atom stereocenters. The van der Waals surface area contributed by atoms with Gasteiger partial charge >= 0.3 is 6.09 Å². The van der Waals surface area contributed by atoms with Gasteiger partial charge in [0.2, 0.25) is 11.8 Å². The van der Waals surface area contributed by atoms with Crippen LogP contribution >= 0.6 is 0 Å². The monoisotopic (exact) mass is 414 g/mol. The number of nitrogens with zero attached hydrogens (tertiary/aromatic N) is 2. The van der Waals surface area contributed by atoms with Gasteiger partial charge in [-0.25, -0.2) is 4.79 Å². The van der Waals surface area contributed by atoms with Gasteiger partial charge in [0.1, 0.15) is 0 Å². The van der Waals surface area contributed by atoms with E-state index in [2.05, 4.69) is 27.7 Å². The Hall–Kier alpha value is -2.61. The molecule has 3 heterocycles. The number of piperazine rings is 1. The minimum atomic E-state index is -0.816. The fourth-order valence-corrected chi connectivity index (χ4v) is 4.98. The van der Waals surface area contributed by atoms with Crippen molar-refractivity contribution in [3.8, 4) is 0 Å². The van der Waals surface area contributed by atoms with Gasteiger partial charge in [0.25, 0.3) is 0 Å². The van der Waals surface area contributed by atoms with Crippen molar-refractivity contribution in [2.45, 2.75) is 44.1 Å². The van der Waals surface area contributed by atoms with Crippen LogP contribution in [0, 0.1) is 5.92 Å². The number of amides is 3. The Kier molecular flexibility index (Phi) is 6.22. The van der Waals surface area contributed by atoms with Gasteiger partial charge < -0.3 is 20.2 Å². The molecule has 8 nitrogen and oxygen atoms in total. The third-order valence-corrected chi connectivity index (χ3v) is 6.69. The average Bonchev–Trinajstić information content (AvgIpc) is 2.75. The largest absolute Gasteiger partial charge is 0.465 e. The van der Waals surface area contributed by atoms with E-state index in [1.54, 1.807) is 4.90 Å². The van der Waals surface area contributed by atoms with Crippen LogP contribution in [0.15, 0.2) is 24.3 Å². The van der Waals surface area contributed by atoms with Crippen molar-refractivity contribution in [2.75, 3.05) is 37.6 Å². The molecule has 3 aliphatic heterocycles. The van der Waals surface area contributed by atoms with Gasteiger partial charge in [-0.2, -0.15) is 0 Å². The quantitative estimate of drug-likeness (QED) is 0.649. The molecular formula is C22H30N4O4. The van der Waals surface area contributed by atoms with E-state index in [4.69, 9.17) is 0 Å². The van der Waals surface area contributed by atoms with E-state index < -0.39 is 6.09 Å². The van der Waals surface area contributed by atoms with Gasteiger partial charge in [-0.05, 0) is 49.3 Å². The van der Waals surface area contributed by atoms with E-state index in [1.165, 1.54) is 0 Å². The Morgan fingerprint density at radius 2 is 1.93 bits per heavy atom. The summed E-state index contributed by atoms with van der Waals surface area (Å²) in [5, 5.41) is 15.2. The zero-order valence-electron chi connectivity index (χ0n) is 17.2. The second-order valence-electron chi connectivity index (χ2n) is 8.60. The van der Waals surface area contributed by atoms with Crippen LogP contribution in [-0.4, -0.2) is 66.7 Å². The summed E-state index contributed by atoms with van der Waals surface area (Å²) >= 11 is 0. The molecule has 3 amide bonds. The van der Waals surface area contributed by atoms with Gasteiger partial charge in [0.15, 0.2) is 0 Å². The first-order valence-electron chi connectivity index (χ1n) is 10.9. The van der Waals surface area contributed by atoms with Gasteiger partial charge in [0, 0.05) is 50.9 Å². The molecule has 30 heavy (non-hydrogen) atoms. The molecule has 8 heteroatoms. The maximum atomic E-state index is 12.2. The zero-order valence-corrected chi connectivity index (χ0v) is 17.2. The highest BCUT2D eigenvalue weighted by atomic mass is 16.4. The highest BCUT2D eigenvalue weighted by Gasteiger charge is 2.31. The first-order chi connectivity index (χ1) is 14.5. The number of benzene rings is 1. The molecule has 3 fully saturated rings. The third-order valence-electron chi connectivity index (χ3n) is 6.69. The summed E-state index contributed by atoms with van der Waals surface area (Å²) in [5.74, 6) is -0.136. The van der Waals surface area contributed by atoms with Crippen LogP contribution in [0.3, 0.4) is 0 Å². The molecule has 3 N–H and O–H groups in total. The van der Waals surface area contributed by atoms with Crippen molar-refractivity contribution in [1.82, 2.24) is 15.5 Å². The molecule has 4 rings (SSSR count). The first kappa shape index (κ1) is 20.7. The summed E-state index contributed by atoms with van der Waals surface area (Å²) in [6.07, 6.45) is 3.10. The van der Waals surface area contributed by atoms with E-state index in [0.29, 0.717) is 25.3 Å². The number of hydrogen-bond acceptors (Lipinski definition) is 5. The molecule has 0 radical (unpaired) electrons. The fourth-order valence-electron chi connectivity index (χ4n) is 4.98. The molecule has 0 aromatic heterocycles. The molecule has 1 aromatic carbocycles. The predicted molar refractivity (Wildman–Crippen MR) is 113 cm³/mol. The highest BCUT2D eigenvalue weighted by Crippen LogP contribution is 2.31. The number of imide groups is 1. The second kappa shape index (κ2) is 9.04. The molecule has 0 aliphatic carbocycles. The standard InChI is InChI=1S/C22H30N4O4/c27-20-5-4-19(21(28)24-20)16-2-1-3-17(13-16)25-9-6-15(7-10-25)12-18-14-23-8-11-26(18)22(29)30/h1-3,13,15,18-19,23H,4-12,14H2,(H,29,30)(H,24,27,28). The summed E-state index contributed by atoms with van der Waals surface area (Å²) < 4.78 is 0. The second-order valence-corrected chi connectivity index (χ2v) is 8.60. The minimum absolute atomic E-state index is 0.0589. The summed E-state index contributed by atoms with van der Waals surface area (Å²) in [6.45, 7) is 3.88. The minimum Gasteiger partial charge on any atom is -0.465 e. The molecule has 3 saturated heterocycles. The van der Waals surface area contributed by atoms with Crippen LogP contribution in [0.4, 0.5) is 10.5 Å². The number of hydrogen-bond donors (Lipinski definition) is 3. The van der Waals surface area contributed by atoms with Crippen LogP contribution in [0.1, 0.15) is 43.6 Å². The average molecular weight is 415 g/mol. The predicted octanol–water partition coefficient (Wildman–Crippen LogP) is 1.77. The van der Waals surface area contributed by atoms with Gasteiger partial charge in [-0.1, -0.05) is 12.1 Å². The van der Waals surface area contributed by atoms with Crippen LogP contribution in [-0.2, 0) is 9.59 Å². The number of carbonyl (C=O) groups excluding carboxylic acids is 2. The first-order valence-corrected chi connectivity index (χ1v) is 10.9. The zero-order chi connectivity index (χ0) is 21.1. The van der Waals surface area contributed by atoms with E-state index in [9.17, 15) is 19.5 Å². The van der Waals surface area contributed by atoms with E-state index >= 15 is 0 Å². The van der Waals surface area contributed by atoms with Crippen LogP contribution in [0.2, 0.25) is 0 Å². The SMILES string of the molecule is O=C1CCC(c2cccc(N3CCC(CC4CNCCN4C(=O)O)CC3)c2)C(=O)N1. The lowest BCUT2D eigenvalue weighted by Gasteiger charge is -2.39. The van der Waals surface area contributed by atoms with Crippen molar-refractivity contribution in [3.05, 3.63) is 29.8 Å². The van der Waals surface area contributed by atoms with Crippen molar-refractivity contribution in [3.63, 3.8) is 0 Å². The Balaban J connectivity index is 1.35. The molecule has 0 spiro atoms. The maximum absolute atomic E-state index is 12.2. The number of anilines is 1. The molecule has 1 aromatic rings. The third kappa shape index (κ3) is 4.59. The van der Waals surface area contributed by atoms with E-state index in [0.717, 1.165) is 56.7 Å². The van der Waals surface area contributed by atoms with Crippen LogP contribution in [0.25, 0.3) is 0 Å². The number of piperidine rings is 2. The fraction of sp³-hybridized carbons (Fsp3) is 0.591. The molecule has 0 bridgehead atoms. The molecule has 0 saturated carbocycles. The molecule has 162 valence electrons. The number of carbonyl (C=O) groups is 3. The van der Waals surface area contributed by atoms with Gasteiger partial charge in [-0.3, -0.25) is 14.9 Å². The lowest BCUT2D eigenvalue weighted by atomic mass is 9.88. The number of nitrogens with one attached hydrogen (secondary N) is 2.